The Morgan fingerprint density at radius 2 is 2.00 bits per heavy atom. The molecule has 0 aliphatic carbocycles. The van der Waals surface area contributed by atoms with Gasteiger partial charge in [0.1, 0.15) is 0 Å². The van der Waals surface area contributed by atoms with Gasteiger partial charge in [-0.3, -0.25) is 0 Å². The summed E-state index contributed by atoms with van der Waals surface area (Å²) in [5.41, 5.74) is 4.78. The van der Waals surface area contributed by atoms with Crippen LogP contribution in [0.15, 0.2) is 41.3 Å². The van der Waals surface area contributed by atoms with Gasteiger partial charge in [-0.15, -0.1) is 0 Å². The van der Waals surface area contributed by atoms with Gasteiger partial charge < -0.3 is 0 Å². The molecule has 140 valence electrons. The molecular formula is C18H16Cl2N4O2Se. The van der Waals surface area contributed by atoms with E-state index in [9.17, 15) is 4.79 Å². The fourth-order valence-electron chi connectivity index (χ4n) is 2.80. The van der Waals surface area contributed by atoms with E-state index >= 15 is 0 Å². The van der Waals surface area contributed by atoms with Crippen LogP contribution in [0.1, 0.15) is 10.5 Å². The van der Waals surface area contributed by atoms with E-state index in [0.29, 0.717) is 47.7 Å². The van der Waals surface area contributed by atoms with Crippen molar-refractivity contribution in [1.82, 2.24) is 20.2 Å². The Morgan fingerprint density at radius 1 is 1.19 bits per heavy atom. The van der Waals surface area contributed by atoms with Crippen molar-refractivity contribution >= 4 is 43.6 Å². The molecule has 0 atom stereocenters. The first-order valence-corrected chi connectivity index (χ1v) is 10.9. The van der Waals surface area contributed by atoms with E-state index in [-0.39, 0.29) is 20.4 Å². The number of hydrogen-bond donors (Lipinski definition) is 1. The van der Waals surface area contributed by atoms with Gasteiger partial charge in [-0.1, -0.05) is 0 Å². The first-order chi connectivity index (χ1) is 13.1. The van der Waals surface area contributed by atoms with E-state index in [1.807, 2.05) is 17.1 Å². The molecule has 3 aromatic rings. The number of hydrazine groups is 1. The normalized spacial score (nSPS) is 15.0. The first kappa shape index (κ1) is 18.7. The van der Waals surface area contributed by atoms with Crippen LogP contribution in [0, 0.1) is 0 Å². The molecule has 1 saturated heterocycles. The second kappa shape index (κ2) is 8.19. The van der Waals surface area contributed by atoms with Crippen molar-refractivity contribution in [2.75, 3.05) is 26.3 Å². The predicted octanol–water partition coefficient (Wildman–Crippen LogP) is 2.88. The molecule has 0 radical (unpaired) electrons. The summed E-state index contributed by atoms with van der Waals surface area (Å²) in [5.74, 6) is -0.249. The molecule has 1 aliphatic rings. The molecule has 0 bridgehead atoms. The molecule has 3 heterocycles. The van der Waals surface area contributed by atoms with E-state index in [1.165, 1.54) is 0 Å². The standard InChI is InChI=1S/C18H16Cl2N4O2Se/c19-12-3-4-15(13(20)10-12)24-16(17-2-1-9-27-17)11-14(21-24)18(25)22-23-5-7-26-8-6-23/h1-4,9-11H,5-8H2,(H,22,25). The van der Waals surface area contributed by atoms with Gasteiger partial charge in [0.2, 0.25) is 0 Å². The van der Waals surface area contributed by atoms with Crippen molar-refractivity contribution in [1.29, 1.82) is 0 Å². The molecule has 2 aromatic heterocycles. The third-order valence-corrected chi connectivity index (χ3v) is 6.53. The molecule has 4 rings (SSSR count). The number of carbonyl (C=O) groups is 1. The zero-order valence-electron chi connectivity index (χ0n) is 14.2. The zero-order chi connectivity index (χ0) is 18.8. The van der Waals surface area contributed by atoms with Crippen LogP contribution in [0.4, 0.5) is 0 Å². The monoisotopic (exact) mass is 470 g/mol. The molecule has 6 nitrogen and oxygen atoms in total. The SMILES string of the molecule is O=C(NN1CCOCC1)c1cc(-c2ccc[se]2)n(-c2ccc(Cl)cc2Cl)n1. The molecular weight excluding hydrogens is 454 g/mol. The summed E-state index contributed by atoms with van der Waals surface area (Å²) in [4.78, 5) is 14.8. The summed E-state index contributed by atoms with van der Waals surface area (Å²) < 4.78 is 8.15. The number of morpholine rings is 1. The van der Waals surface area contributed by atoms with Crippen molar-refractivity contribution in [3.8, 4) is 15.8 Å². The molecule has 1 fully saturated rings. The Kier molecular flexibility index (Phi) is 5.68. The van der Waals surface area contributed by atoms with Gasteiger partial charge in [0, 0.05) is 0 Å². The van der Waals surface area contributed by atoms with Crippen molar-refractivity contribution in [3.63, 3.8) is 0 Å². The van der Waals surface area contributed by atoms with Gasteiger partial charge in [-0.25, -0.2) is 0 Å². The van der Waals surface area contributed by atoms with Crippen molar-refractivity contribution in [2.24, 2.45) is 0 Å². The maximum absolute atomic E-state index is 12.7. The molecule has 1 aromatic carbocycles. The van der Waals surface area contributed by atoms with Gasteiger partial charge >= 0.3 is 173 Å². The van der Waals surface area contributed by atoms with Crippen molar-refractivity contribution < 1.29 is 9.53 Å². The molecule has 27 heavy (non-hydrogen) atoms. The number of aromatic nitrogens is 2. The van der Waals surface area contributed by atoms with E-state index in [4.69, 9.17) is 27.9 Å². The Morgan fingerprint density at radius 3 is 2.70 bits per heavy atom. The number of rotatable bonds is 4. The summed E-state index contributed by atoms with van der Waals surface area (Å²) in [5, 5.41) is 7.42. The number of nitrogens with zero attached hydrogens (tertiary/aromatic N) is 3. The Hall–Kier alpha value is -1.60. The van der Waals surface area contributed by atoms with Crippen molar-refractivity contribution in [2.45, 2.75) is 0 Å². The van der Waals surface area contributed by atoms with Crippen LogP contribution in [-0.4, -0.2) is 61.5 Å². The molecule has 0 saturated carbocycles. The number of halogens is 2. The molecule has 0 spiro atoms. The molecule has 0 unspecified atom stereocenters. The number of benzene rings is 1. The molecule has 1 amide bonds. The molecule has 1 N–H and O–H groups in total. The zero-order valence-corrected chi connectivity index (χ0v) is 17.4. The maximum atomic E-state index is 12.7. The summed E-state index contributed by atoms with van der Waals surface area (Å²) in [6.07, 6.45) is 0. The number of hydrogen-bond acceptors (Lipinski definition) is 4. The predicted molar refractivity (Wildman–Crippen MR) is 106 cm³/mol. The molecule has 9 heteroatoms. The third kappa shape index (κ3) is 4.14. The van der Waals surface area contributed by atoms with Crippen LogP contribution in [0.5, 0.6) is 0 Å². The number of ether oxygens (including phenoxy) is 1. The van der Waals surface area contributed by atoms with E-state index < -0.39 is 0 Å². The van der Waals surface area contributed by atoms with E-state index in [0.717, 1.165) is 10.1 Å². The Bertz CT molecular complexity index is 952. The second-order valence-corrected chi connectivity index (χ2v) is 8.77. The van der Waals surface area contributed by atoms with Crippen LogP contribution in [0.3, 0.4) is 0 Å². The fraction of sp³-hybridized carbons (Fsp3) is 0.222. The van der Waals surface area contributed by atoms with Crippen LogP contribution < -0.4 is 5.43 Å². The minimum absolute atomic E-state index is 0.189. The summed E-state index contributed by atoms with van der Waals surface area (Å²) in [6, 6.07) is 11.1. The average molecular weight is 470 g/mol. The number of nitrogens with one attached hydrogen (secondary N) is 1. The minimum atomic E-state index is -0.249. The Balaban J connectivity index is 1.70. The van der Waals surface area contributed by atoms with Gasteiger partial charge in [-0.05, 0) is 0 Å². The van der Waals surface area contributed by atoms with Crippen molar-refractivity contribution in [3.05, 3.63) is 57.1 Å². The van der Waals surface area contributed by atoms with Gasteiger partial charge in [0.25, 0.3) is 0 Å². The van der Waals surface area contributed by atoms with Crippen LogP contribution >= 0.6 is 23.2 Å². The summed E-state index contributed by atoms with van der Waals surface area (Å²) in [7, 11) is 0. The third-order valence-electron chi connectivity index (χ3n) is 4.12. The quantitative estimate of drug-likeness (QED) is 0.597. The van der Waals surface area contributed by atoms with Gasteiger partial charge in [0.15, 0.2) is 0 Å². The molecule has 1 aliphatic heterocycles. The summed E-state index contributed by atoms with van der Waals surface area (Å²) >= 11 is 12.6. The van der Waals surface area contributed by atoms with Crippen LogP contribution in [0.25, 0.3) is 15.8 Å². The second-order valence-electron chi connectivity index (χ2n) is 5.94. The van der Waals surface area contributed by atoms with E-state index in [1.54, 1.807) is 28.9 Å². The van der Waals surface area contributed by atoms with Crippen LogP contribution in [0.2, 0.25) is 10.0 Å². The number of amides is 1. The van der Waals surface area contributed by atoms with Gasteiger partial charge in [-0.2, -0.15) is 0 Å². The number of carbonyl (C=O) groups excluding carboxylic acids is 1. The topological polar surface area (TPSA) is 59.4 Å². The average Bonchev–Trinajstić information content (AvgIpc) is 3.32. The van der Waals surface area contributed by atoms with Crippen LogP contribution in [-0.2, 0) is 4.74 Å². The Labute approximate surface area is 172 Å². The first-order valence-electron chi connectivity index (χ1n) is 8.35. The summed E-state index contributed by atoms with van der Waals surface area (Å²) in [6.45, 7) is 2.50. The van der Waals surface area contributed by atoms with Gasteiger partial charge in [0.05, 0.1) is 0 Å². The fourth-order valence-corrected chi connectivity index (χ4v) is 4.82. The van der Waals surface area contributed by atoms with E-state index in [2.05, 4.69) is 15.5 Å².